The monoisotopic (exact) mass is 238 g/mol. The van der Waals surface area contributed by atoms with Crippen molar-refractivity contribution in [3.8, 4) is 0 Å². The van der Waals surface area contributed by atoms with E-state index in [2.05, 4.69) is 17.1 Å². The molecule has 3 atom stereocenters. The second-order valence-corrected chi connectivity index (χ2v) is 6.55. The predicted molar refractivity (Wildman–Crippen MR) is 69.1 cm³/mol. The Morgan fingerprint density at radius 2 is 2.00 bits per heavy atom. The summed E-state index contributed by atoms with van der Waals surface area (Å²) in [7, 11) is 0. The van der Waals surface area contributed by atoms with Crippen molar-refractivity contribution in [3.05, 3.63) is 0 Å². The van der Waals surface area contributed by atoms with Gasteiger partial charge >= 0.3 is 0 Å². The van der Waals surface area contributed by atoms with E-state index in [0.29, 0.717) is 5.41 Å². The van der Waals surface area contributed by atoms with Gasteiger partial charge in [-0.15, -0.1) is 0 Å². The zero-order valence-electron chi connectivity index (χ0n) is 11.1. The average Bonchev–Trinajstić information content (AvgIpc) is 2.72. The molecule has 0 radical (unpaired) electrons. The van der Waals surface area contributed by atoms with Crippen LogP contribution < -0.4 is 5.32 Å². The lowest BCUT2D eigenvalue weighted by molar-refractivity contribution is 0.0211. The van der Waals surface area contributed by atoms with Crippen LogP contribution in [0.15, 0.2) is 0 Å². The lowest BCUT2D eigenvalue weighted by atomic mass is 9.81. The molecule has 98 valence electrons. The van der Waals surface area contributed by atoms with Crippen molar-refractivity contribution in [3.63, 3.8) is 0 Å². The Kier molecular flexibility index (Phi) is 3.42. The minimum atomic E-state index is 0.480. The lowest BCUT2D eigenvalue weighted by Gasteiger charge is -2.38. The summed E-state index contributed by atoms with van der Waals surface area (Å²) in [5, 5.41) is 3.88. The molecule has 17 heavy (non-hydrogen) atoms. The second-order valence-electron chi connectivity index (χ2n) is 6.55. The fraction of sp³-hybridized carbons (Fsp3) is 1.00. The van der Waals surface area contributed by atoms with Gasteiger partial charge in [0.2, 0.25) is 0 Å². The molecule has 3 saturated heterocycles. The van der Waals surface area contributed by atoms with E-state index in [0.717, 1.165) is 25.2 Å². The third-order valence-electron chi connectivity index (χ3n) is 5.13. The molecule has 0 aliphatic carbocycles. The van der Waals surface area contributed by atoms with Crippen LogP contribution in [-0.4, -0.2) is 50.3 Å². The minimum Gasteiger partial charge on any atom is -0.381 e. The molecule has 3 aliphatic heterocycles. The summed E-state index contributed by atoms with van der Waals surface area (Å²) in [6, 6.07) is 0.786. The highest BCUT2D eigenvalue weighted by molar-refractivity contribution is 4.92. The van der Waals surface area contributed by atoms with E-state index in [1.807, 2.05) is 0 Å². The number of nitrogens with one attached hydrogen (secondary N) is 1. The molecule has 2 bridgehead atoms. The Balaban J connectivity index is 1.50. The molecule has 0 spiro atoms. The van der Waals surface area contributed by atoms with E-state index in [9.17, 15) is 0 Å². The van der Waals surface area contributed by atoms with Gasteiger partial charge in [0.05, 0.1) is 0 Å². The Bertz CT molecular complexity index is 263. The molecule has 3 heteroatoms. The van der Waals surface area contributed by atoms with Gasteiger partial charge in [-0.3, -0.25) is 0 Å². The zero-order chi connectivity index (χ0) is 11.7. The van der Waals surface area contributed by atoms with Crippen LogP contribution in [0.3, 0.4) is 0 Å². The first-order valence-corrected chi connectivity index (χ1v) is 7.29. The quantitative estimate of drug-likeness (QED) is 0.806. The molecule has 0 aromatic heterocycles. The van der Waals surface area contributed by atoms with Crippen molar-refractivity contribution in [1.82, 2.24) is 10.2 Å². The molecule has 3 aliphatic rings. The van der Waals surface area contributed by atoms with Crippen molar-refractivity contribution in [1.29, 1.82) is 0 Å². The maximum Gasteiger partial charge on any atom is 0.0471 e. The van der Waals surface area contributed by atoms with E-state index >= 15 is 0 Å². The van der Waals surface area contributed by atoms with E-state index in [1.165, 1.54) is 51.9 Å². The van der Waals surface area contributed by atoms with Crippen LogP contribution in [0.4, 0.5) is 0 Å². The number of rotatable bonds is 3. The van der Waals surface area contributed by atoms with Crippen molar-refractivity contribution in [2.24, 2.45) is 11.3 Å². The van der Waals surface area contributed by atoms with E-state index in [4.69, 9.17) is 4.74 Å². The van der Waals surface area contributed by atoms with Crippen molar-refractivity contribution in [2.45, 2.75) is 38.6 Å². The largest absolute Gasteiger partial charge is 0.381 e. The summed E-state index contributed by atoms with van der Waals surface area (Å²) >= 11 is 0. The predicted octanol–water partition coefficient (Wildman–Crippen LogP) is 1.49. The molecule has 3 rings (SSSR count). The standard InChI is InChI=1S/C14H26N2O/c1-14(4-8-17-9-5-14)11-15-13-3-7-16-6-2-12(13)10-16/h12-13,15H,2-11H2,1H3. The normalized spacial score (nSPS) is 40.4. The fourth-order valence-electron chi connectivity index (χ4n) is 3.64. The van der Waals surface area contributed by atoms with E-state index in [-0.39, 0.29) is 0 Å². The Morgan fingerprint density at radius 1 is 1.24 bits per heavy atom. The molecule has 3 unspecified atom stereocenters. The number of piperidine rings is 1. The van der Waals surface area contributed by atoms with Gasteiger partial charge in [0, 0.05) is 32.3 Å². The summed E-state index contributed by atoms with van der Waals surface area (Å²) in [5.41, 5.74) is 0.480. The van der Waals surface area contributed by atoms with Crippen LogP contribution in [-0.2, 0) is 4.74 Å². The average molecular weight is 238 g/mol. The first-order chi connectivity index (χ1) is 8.25. The number of hydrogen-bond acceptors (Lipinski definition) is 3. The molecular weight excluding hydrogens is 212 g/mol. The van der Waals surface area contributed by atoms with Crippen LogP contribution in [0.2, 0.25) is 0 Å². The van der Waals surface area contributed by atoms with Gasteiger partial charge in [-0.25, -0.2) is 0 Å². The second kappa shape index (κ2) is 4.87. The summed E-state index contributed by atoms with van der Waals surface area (Å²) in [6.07, 6.45) is 5.22. The molecule has 3 nitrogen and oxygen atoms in total. The maximum atomic E-state index is 5.47. The molecular formula is C14H26N2O. The summed E-state index contributed by atoms with van der Waals surface area (Å²) in [5.74, 6) is 0.923. The molecule has 3 fully saturated rings. The minimum absolute atomic E-state index is 0.480. The van der Waals surface area contributed by atoms with Gasteiger partial charge in [-0.1, -0.05) is 6.92 Å². The Hall–Kier alpha value is -0.120. The van der Waals surface area contributed by atoms with Crippen LogP contribution in [0.5, 0.6) is 0 Å². The lowest BCUT2D eigenvalue weighted by Crippen LogP contribution is -2.48. The van der Waals surface area contributed by atoms with Crippen LogP contribution in [0.25, 0.3) is 0 Å². The fourth-order valence-corrected chi connectivity index (χ4v) is 3.64. The Morgan fingerprint density at radius 3 is 2.82 bits per heavy atom. The Labute approximate surface area is 105 Å². The van der Waals surface area contributed by atoms with Gasteiger partial charge in [0.15, 0.2) is 0 Å². The van der Waals surface area contributed by atoms with Crippen LogP contribution in [0, 0.1) is 11.3 Å². The van der Waals surface area contributed by atoms with E-state index < -0.39 is 0 Å². The molecule has 0 amide bonds. The van der Waals surface area contributed by atoms with Crippen LogP contribution >= 0.6 is 0 Å². The number of hydrogen-bond donors (Lipinski definition) is 1. The van der Waals surface area contributed by atoms with Crippen molar-refractivity contribution >= 4 is 0 Å². The van der Waals surface area contributed by atoms with Gasteiger partial charge in [-0.05, 0) is 50.1 Å². The molecule has 1 N–H and O–H groups in total. The van der Waals surface area contributed by atoms with Gasteiger partial charge < -0.3 is 15.0 Å². The molecule has 0 aromatic rings. The number of nitrogens with zero attached hydrogens (tertiary/aromatic N) is 1. The van der Waals surface area contributed by atoms with Crippen LogP contribution in [0.1, 0.15) is 32.6 Å². The highest BCUT2D eigenvalue weighted by Crippen LogP contribution is 2.31. The van der Waals surface area contributed by atoms with E-state index in [1.54, 1.807) is 0 Å². The topological polar surface area (TPSA) is 24.5 Å². The van der Waals surface area contributed by atoms with Gasteiger partial charge in [0.1, 0.15) is 0 Å². The zero-order valence-corrected chi connectivity index (χ0v) is 11.1. The number of fused-ring (bicyclic) bond motifs is 2. The first-order valence-electron chi connectivity index (χ1n) is 7.29. The smallest absolute Gasteiger partial charge is 0.0471 e. The third kappa shape index (κ3) is 2.67. The summed E-state index contributed by atoms with van der Waals surface area (Å²) in [6.45, 7) is 9.53. The maximum absolute atomic E-state index is 5.47. The van der Waals surface area contributed by atoms with Crippen molar-refractivity contribution in [2.75, 3.05) is 39.4 Å². The SMILES string of the molecule is CC1(CNC2CCN3CCC2C3)CCOCC1. The number of ether oxygens (including phenoxy) is 1. The molecule has 0 saturated carbocycles. The third-order valence-corrected chi connectivity index (χ3v) is 5.13. The molecule has 0 aromatic carbocycles. The molecule has 3 heterocycles. The van der Waals surface area contributed by atoms with Gasteiger partial charge in [0.25, 0.3) is 0 Å². The summed E-state index contributed by atoms with van der Waals surface area (Å²) in [4.78, 5) is 2.62. The highest BCUT2D eigenvalue weighted by Gasteiger charge is 2.35. The highest BCUT2D eigenvalue weighted by atomic mass is 16.5. The summed E-state index contributed by atoms with van der Waals surface area (Å²) < 4.78 is 5.47. The van der Waals surface area contributed by atoms with Gasteiger partial charge in [-0.2, -0.15) is 0 Å². The van der Waals surface area contributed by atoms with Crippen molar-refractivity contribution < 1.29 is 4.74 Å². The first kappa shape index (κ1) is 11.9.